The van der Waals surface area contributed by atoms with Crippen LogP contribution in [0.3, 0.4) is 0 Å². The number of anilines is 5. The molecule has 216 valence electrons. The molecule has 0 aliphatic rings. The van der Waals surface area contributed by atoms with E-state index < -0.39 is 23.5 Å². The largest absolute Gasteiger partial charge is 0.416 e. The van der Waals surface area contributed by atoms with E-state index in [1.54, 1.807) is 59.5 Å². The molecule has 10 heteroatoms. The van der Waals surface area contributed by atoms with Gasteiger partial charge in [-0.1, -0.05) is 62.2 Å². The van der Waals surface area contributed by atoms with E-state index in [1.165, 1.54) is 18.2 Å². The van der Waals surface area contributed by atoms with Crippen LogP contribution < -0.4 is 10.2 Å². The molecular weight excluding hydrogens is 686 g/mol. The fourth-order valence-corrected chi connectivity index (χ4v) is 4.48. The van der Waals surface area contributed by atoms with Crippen LogP contribution in [0, 0.1) is 0 Å². The number of nitrogens with one attached hydrogen (secondary N) is 1. The van der Waals surface area contributed by atoms with E-state index in [0.29, 0.717) is 22.7 Å². The summed E-state index contributed by atoms with van der Waals surface area (Å²) in [6.07, 6.45) is -8.96. The minimum atomic E-state index is -4.50. The molecular formula is C32H22Br2F6N2. The SMILES string of the molecule is Brc1ccccc1.FC(F)(F)c1cccc(Nc2ccc(N(c3ccc(Br)cc3)c3cccc(C(F)(F)F)c3)cc2)c1. The van der Waals surface area contributed by atoms with Crippen molar-refractivity contribution in [2.24, 2.45) is 0 Å². The Morgan fingerprint density at radius 1 is 0.452 bits per heavy atom. The van der Waals surface area contributed by atoms with Crippen LogP contribution in [0.5, 0.6) is 0 Å². The van der Waals surface area contributed by atoms with Crippen molar-refractivity contribution in [1.82, 2.24) is 0 Å². The molecule has 0 heterocycles. The second-order valence-electron chi connectivity index (χ2n) is 8.91. The molecule has 0 aliphatic heterocycles. The Kier molecular flexibility index (Phi) is 10.0. The lowest BCUT2D eigenvalue weighted by molar-refractivity contribution is -0.138. The van der Waals surface area contributed by atoms with Crippen molar-refractivity contribution < 1.29 is 26.3 Å². The van der Waals surface area contributed by atoms with Crippen LogP contribution in [0.25, 0.3) is 0 Å². The molecule has 5 aromatic carbocycles. The maximum Gasteiger partial charge on any atom is 0.416 e. The highest BCUT2D eigenvalue weighted by molar-refractivity contribution is 9.10. The van der Waals surface area contributed by atoms with Gasteiger partial charge in [0.15, 0.2) is 0 Å². The molecule has 0 atom stereocenters. The summed E-state index contributed by atoms with van der Waals surface area (Å²) >= 11 is 6.67. The number of hydrogen-bond donors (Lipinski definition) is 1. The zero-order valence-corrected chi connectivity index (χ0v) is 24.8. The second-order valence-corrected chi connectivity index (χ2v) is 10.7. The fraction of sp³-hybridized carbons (Fsp3) is 0.0625. The van der Waals surface area contributed by atoms with Crippen molar-refractivity contribution in [1.29, 1.82) is 0 Å². The van der Waals surface area contributed by atoms with E-state index in [-0.39, 0.29) is 5.69 Å². The van der Waals surface area contributed by atoms with Crippen LogP contribution >= 0.6 is 31.9 Å². The molecule has 0 fully saturated rings. The third-order valence-electron chi connectivity index (χ3n) is 5.85. The summed E-state index contributed by atoms with van der Waals surface area (Å²) in [5, 5.41) is 2.93. The number of halogens is 8. The van der Waals surface area contributed by atoms with E-state index in [2.05, 4.69) is 37.2 Å². The summed E-state index contributed by atoms with van der Waals surface area (Å²) in [6.45, 7) is 0. The first kappa shape index (κ1) is 31.2. The molecule has 0 amide bonds. The molecule has 0 spiro atoms. The molecule has 2 nitrogen and oxygen atoms in total. The standard InChI is InChI=1S/C26H17BrF6N2.C6H5Br/c27-19-7-11-22(12-8-19)35(24-6-2-4-18(16-24)26(31,32)33)23-13-9-20(10-14-23)34-21-5-1-3-17(15-21)25(28,29)30;7-6-4-2-1-3-5-6/h1-16,34H;1-5H. The summed E-state index contributed by atoms with van der Waals surface area (Å²) < 4.78 is 81.0. The van der Waals surface area contributed by atoms with Gasteiger partial charge in [0.1, 0.15) is 0 Å². The summed E-state index contributed by atoms with van der Waals surface area (Å²) in [7, 11) is 0. The summed E-state index contributed by atoms with van der Waals surface area (Å²) in [5.74, 6) is 0. The van der Waals surface area contributed by atoms with Crippen molar-refractivity contribution in [3.05, 3.63) is 147 Å². The van der Waals surface area contributed by atoms with Crippen LogP contribution in [-0.2, 0) is 12.4 Å². The predicted molar refractivity (Wildman–Crippen MR) is 163 cm³/mol. The highest BCUT2D eigenvalue weighted by Crippen LogP contribution is 2.39. The minimum absolute atomic E-state index is 0.259. The monoisotopic (exact) mass is 706 g/mol. The second kappa shape index (κ2) is 13.5. The van der Waals surface area contributed by atoms with Crippen molar-refractivity contribution >= 4 is 60.3 Å². The van der Waals surface area contributed by atoms with Crippen molar-refractivity contribution in [3.63, 3.8) is 0 Å². The van der Waals surface area contributed by atoms with E-state index in [4.69, 9.17) is 0 Å². The average molecular weight is 708 g/mol. The Bertz CT molecular complexity index is 1590. The number of benzene rings is 5. The van der Waals surface area contributed by atoms with Gasteiger partial charge in [0, 0.05) is 37.4 Å². The predicted octanol–water partition coefficient (Wildman–Crippen LogP) is 12.1. The topological polar surface area (TPSA) is 15.3 Å². The quantitative estimate of drug-likeness (QED) is 0.183. The van der Waals surface area contributed by atoms with Crippen molar-refractivity contribution in [3.8, 4) is 0 Å². The van der Waals surface area contributed by atoms with Crippen LogP contribution in [0.15, 0.2) is 136 Å². The number of hydrogen-bond acceptors (Lipinski definition) is 2. The van der Waals surface area contributed by atoms with Gasteiger partial charge < -0.3 is 10.2 Å². The maximum absolute atomic E-state index is 13.3. The molecule has 1 N–H and O–H groups in total. The molecule has 0 bridgehead atoms. The smallest absolute Gasteiger partial charge is 0.356 e. The molecule has 0 aromatic heterocycles. The normalized spacial score (nSPS) is 11.3. The zero-order chi connectivity index (χ0) is 30.3. The first-order valence-electron chi connectivity index (χ1n) is 12.4. The first-order chi connectivity index (χ1) is 19.9. The Morgan fingerprint density at radius 3 is 1.48 bits per heavy atom. The molecule has 0 radical (unpaired) electrons. The third kappa shape index (κ3) is 8.62. The van der Waals surface area contributed by atoms with Gasteiger partial charge in [-0.05, 0) is 97.1 Å². The highest BCUT2D eigenvalue weighted by atomic mass is 79.9. The van der Waals surface area contributed by atoms with Crippen molar-refractivity contribution in [2.75, 3.05) is 10.2 Å². The maximum atomic E-state index is 13.3. The Morgan fingerprint density at radius 2 is 0.952 bits per heavy atom. The Balaban J connectivity index is 0.000000507. The van der Waals surface area contributed by atoms with E-state index in [1.807, 2.05) is 30.3 Å². The van der Waals surface area contributed by atoms with Gasteiger partial charge in [-0.15, -0.1) is 0 Å². The molecule has 0 saturated carbocycles. The van der Waals surface area contributed by atoms with Gasteiger partial charge in [0.25, 0.3) is 0 Å². The lowest BCUT2D eigenvalue weighted by Gasteiger charge is -2.26. The van der Waals surface area contributed by atoms with Gasteiger partial charge in [0.05, 0.1) is 11.1 Å². The van der Waals surface area contributed by atoms with Crippen LogP contribution in [0.4, 0.5) is 54.8 Å². The van der Waals surface area contributed by atoms with E-state index in [9.17, 15) is 26.3 Å². The Labute approximate surface area is 255 Å². The summed E-state index contributed by atoms with van der Waals surface area (Å²) in [6, 6.07) is 33.5. The first-order valence-corrected chi connectivity index (χ1v) is 14.0. The van der Waals surface area contributed by atoms with Crippen LogP contribution in [-0.4, -0.2) is 0 Å². The van der Waals surface area contributed by atoms with E-state index >= 15 is 0 Å². The van der Waals surface area contributed by atoms with Gasteiger partial charge in [-0.2, -0.15) is 26.3 Å². The number of rotatable bonds is 5. The van der Waals surface area contributed by atoms with Gasteiger partial charge in [-0.3, -0.25) is 0 Å². The summed E-state index contributed by atoms with van der Waals surface area (Å²) in [5.41, 5.74) is 0.737. The molecule has 5 aromatic rings. The Hall–Kier alpha value is -3.76. The van der Waals surface area contributed by atoms with Gasteiger partial charge in [0.2, 0.25) is 0 Å². The van der Waals surface area contributed by atoms with Gasteiger partial charge >= 0.3 is 12.4 Å². The number of nitrogens with zero attached hydrogens (tertiary/aromatic N) is 1. The summed E-state index contributed by atoms with van der Waals surface area (Å²) in [4.78, 5) is 1.66. The van der Waals surface area contributed by atoms with Crippen molar-refractivity contribution in [2.45, 2.75) is 12.4 Å². The fourth-order valence-electron chi connectivity index (χ4n) is 3.91. The molecule has 5 rings (SSSR count). The molecule has 0 aliphatic carbocycles. The van der Waals surface area contributed by atoms with Gasteiger partial charge in [-0.25, -0.2) is 0 Å². The lowest BCUT2D eigenvalue weighted by Crippen LogP contribution is -2.12. The van der Waals surface area contributed by atoms with E-state index in [0.717, 1.165) is 33.2 Å². The lowest BCUT2D eigenvalue weighted by atomic mass is 10.1. The molecule has 0 saturated heterocycles. The third-order valence-corrected chi connectivity index (χ3v) is 6.91. The van der Waals surface area contributed by atoms with Crippen LogP contribution in [0.1, 0.15) is 11.1 Å². The van der Waals surface area contributed by atoms with Crippen LogP contribution in [0.2, 0.25) is 0 Å². The molecule has 0 unspecified atom stereocenters. The minimum Gasteiger partial charge on any atom is -0.356 e. The molecule has 42 heavy (non-hydrogen) atoms. The number of alkyl halides is 6. The highest BCUT2D eigenvalue weighted by Gasteiger charge is 2.31. The average Bonchev–Trinajstić information content (AvgIpc) is 2.95. The zero-order valence-electron chi connectivity index (χ0n) is 21.6.